The van der Waals surface area contributed by atoms with Gasteiger partial charge in [-0.05, 0) is 31.7 Å². The van der Waals surface area contributed by atoms with E-state index in [9.17, 15) is 5.11 Å². The molecular formula is C19H27N2O+. The fourth-order valence-electron chi connectivity index (χ4n) is 6.62. The van der Waals surface area contributed by atoms with Gasteiger partial charge in [0, 0.05) is 29.5 Å². The summed E-state index contributed by atoms with van der Waals surface area (Å²) in [5.74, 6) is 0. The van der Waals surface area contributed by atoms with Gasteiger partial charge in [-0.2, -0.15) is 0 Å². The predicted octanol–water partition coefficient (Wildman–Crippen LogP) is 3.20. The predicted molar refractivity (Wildman–Crippen MR) is 87.4 cm³/mol. The highest BCUT2D eigenvalue weighted by atomic mass is 16.3. The summed E-state index contributed by atoms with van der Waals surface area (Å²) in [5.41, 5.74) is 2.04. The molecule has 2 N–H and O–H groups in total. The third-order valence-corrected chi connectivity index (χ3v) is 7.81. The molecule has 4 atom stereocenters. The Morgan fingerprint density at radius 1 is 1.14 bits per heavy atom. The number of anilines is 1. The van der Waals surface area contributed by atoms with Crippen LogP contribution < -0.4 is 5.32 Å². The molecule has 2 bridgehead atoms. The van der Waals surface area contributed by atoms with E-state index >= 15 is 0 Å². The molecule has 4 aliphatic rings. The van der Waals surface area contributed by atoms with Crippen molar-refractivity contribution in [2.45, 2.75) is 56.7 Å². The maximum absolute atomic E-state index is 11.8. The molecule has 1 aromatic carbocycles. The normalized spacial score (nSPS) is 48.3. The zero-order valence-corrected chi connectivity index (χ0v) is 13.6. The Balaban J connectivity index is 1.68. The number of hydrogen-bond acceptors (Lipinski definition) is 2. The van der Waals surface area contributed by atoms with E-state index in [4.69, 9.17) is 0 Å². The Morgan fingerprint density at radius 3 is 2.86 bits per heavy atom. The molecule has 2 spiro atoms. The minimum absolute atomic E-state index is 0.157. The number of hydrogen-bond donors (Lipinski definition) is 2. The summed E-state index contributed by atoms with van der Waals surface area (Å²) in [6.07, 6.45) is 7.32. The van der Waals surface area contributed by atoms with Crippen LogP contribution in [0, 0.1) is 5.41 Å². The standard InChI is InChI=1S/C19H27N2O/c1-2-17-8-5-12-21(14-17)13-11-18(22)15-6-3-4-7-16(15)20-19(18,21)10-9-17/h3-4,6-7,20,22H,2,5,8-14H2,1H3/q+1/t17-,18+,19-,21?/m1/s1. The van der Waals surface area contributed by atoms with Crippen molar-refractivity contribution in [2.24, 2.45) is 5.41 Å². The van der Waals surface area contributed by atoms with Crippen LogP contribution >= 0.6 is 0 Å². The fourth-order valence-corrected chi connectivity index (χ4v) is 6.62. The van der Waals surface area contributed by atoms with Gasteiger partial charge in [0.1, 0.15) is 0 Å². The first kappa shape index (κ1) is 13.4. The number of para-hydroxylation sites is 1. The largest absolute Gasteiger partial charge is 0.377 e. The van der Waals surface area contributed by atoms with Crippen LogP contribution in [0.15, 0.2) is 24.3 Å². The molecule has 0 aliphatic carbocycles. The molecule has 1 unspecified atom stereocenters. The molecule has 4 heterocycles. The van der Waals surface area contributed by atoms with Crippen molar-refractivity contribution >= 4 is 5.69 Å². The monoisotopic (exact) mass is 299 g/mol. The van der Waals surface area contributed by atoms with Crippen LogP contribution in [0.25, 0.3) is 0 Å². The molecule has 3 heteroatoms. The number of nitrogens with one attached hydrogen (secondary N) is 1. The lowest BCUT2D eigenvalue weighted by Gasteiger charge is -2.61. The first-order valence-corrected chi connectivity index (χ1v) is 9.05. The van der Waals surface area contributed by atoms with Crippen molar-refractivity contribution in [1.82, 2.24) is 0 Å². The van der Waals surface area contributed by atoms with Gasteiger partial charge in [0.2, 0.25) is 5.66 Å². The van der Waals surface area contributed by atoms with Gasteiger partial charge < -0.3 is 10.4 Å². The van der Waals surface area contributed by atoms with E-state index in [0.29, 0.717) is 5.41 Å². The van der Waals surface area contributed by atoms with Crippen LogP contribution in [-0.2, 0) is 5.60 Å². The second-order valence-electron chi connectivity index (χ2n) is 8.35. The lowest BCUT2D eigenvalue weighted by atomic mass is 9.65. The number of rotatable bonds is 1. The number of piperidine rings is 2. The first-order valence-electron chi connectivity index (χ1n) is 9.05. The van der Waals surface area contributed by atoms with Crippen molar-refractivity contribution < 1.29 is 9.59 Å². The van der Waals surface area contributed by atoms with Crippen molar-refractivity contribution in [3.63, 3.8) is 0 Å². The molecule has 0 amide bonds. The van der Waals surface area contributed by atoms with Crippen molar-refractivity contribution in [3.8, 4) is 0 Å². The smallest absolute Gasteiger partial charge is 0.206 e. The van der Waals surface area contributed by atoms with Gasteiger partial charge in [0.15, 0.2) is 5.60 Å². The van der Waals surface area contributed by atoms with Crippen molar-refractivity contribution in [3.05, 3.63) is 29.8 Å². The summed E-state index contributed by atoms with van der Waals surface area (Å²) in [6.45, 7) is 6.02. The van der Waals surface area contributed by atoms with Gasteiger partial charge in [-0.25, -0.2) is 0 Å². The van der Waals surface area contributed by atoms with E-state index in [0.717, 1.165) is 29.4 Å². The maximum Gasteiger partial charge on any atom is 0.206 e. The topological polar surface area (TPSA) is 32.3 Å². The van der Waals surface area contributed by atoms with Gasteiger partial charge in [-0.1, -0.05) is 25.1 Å². The first-order chi connectivity index (χ1) is 10.6. The Morgan fingerprint density at radius 2 is 2.00 bits per heavy atom. The summed E-state index contributed by atoms with van der Waals surface area (Å²) >= 11 is 0. The summed E-state index contributed by atoms with van der Waals surface area (Å²) in [7, 11) is 0. The minimum Gasteiger partial charge on any atom is -0.377 e. The third kappa shape index (κ3) is 1.25. The summed E-state index contributed by atoms with van der Waals surface area (Å²) in [5, 5.41) is 15.6. The highest BCUT2D eigenvalue weighted by Crippen LogP contribution is 2.64. The zero-order chi connectivity index (χ0) is 15.1. The Labute approximate surface area is 132 Å². The molecule has 3 fully saturated rings. The lowest BCUT2D eigenvalue weighted by molar-refractivity contribution is -0.981. The van der Waals surface area contributed by atoms with Gasteiger partial charge >= 0.3 is 0 Å². The molecule has 3 nitrogen and oxygen atoms in total. The van der Waals surface area contributed by atoms with Crippen LogP contribution in [0.5, 0.6) is 0 Å². The highest BCUT2D eigenvalue weighted by Gasteiger charge is 2.76. The van der Waals surface area contributed by atoms with E-state index in [1.807, 2.05) is 0 Å². The SMILES string of the molecule is CC[C@@]12CCC[N+]3(CC[C@]4(O)c5ccccc5N[C@@]43CC1)C2. The van der Waals surface area contributed by atoms with Gasteiger partial charge in [0.05, 0.1) is 19.6 Å². The molecule has 0 saturated carbocycles. The Hall–Kier alpha value is -1.06. The molecule has 5 rings (SSSR count). The zero-order valence-electron chi connectivity index (χ0n) is 13.6. The third-order valence-electron chi connectivity index (χ3n) is 7.81. The molecular weight excluding hydrogens is 272 g/mol. The van der Waals surface area contributed by atoms with E-state index < -0.39 is 5.60 Å². The van der Waals surface area contributed by atoms with Crippen molar-refractivity contribution in [1.29, 1.82) is 0 Å². The lowest BCUT2D eigenvalue weighted by Crippen LogP contribution is -2.75. The molecule has 118 valence electrons. The number of fused-ring (bicyclic) bond motifs is 3. The number of nitrogens with zero attached hydrogens (tertiary/aromatic N) is 1. The minimum atomic E-state index is -0.666. The number of aliphatic hydroxyl groups is 1. The van der Waals surface area contributed by atoms with E-state index in [2.05, 4.69) is 36.5 Å². The average Bonchev–Trinajstić information content (AvgIpc) is 2.94. The van der Waals surface area contributed by atoms with E-state index in [-0.39, 0.29) is 5.66 Å². The van der Waals surface area contributed by atoms with Crippen LogP contribution in [-0.4, -0.2) is 34.9 Å². The average molecular weight is 299 g/mol. The molecule has 4 aliphatic heterocycles. The second-order valence-corrected chi connectivity index (χ2v) is 8.35. The van der Waals surface area contributed by atoms with E-state index in [1.54, 1.807) is 0 Å². The summed E-state index contributed by atoms with van der Waals surface area (Å²) < 4.78 is 1.12. The molecule has 3 saturated heterocycles. The highest BCUT2D eigenvalue weighted by molar-refractivity contribution is 5.63. The van der Waals surface area contributed by atoms with E-state index in [1.165, 1.54) is 44.5 Å². The summed E-state index contributed by atoms with van der Waals surface area (Å²) in [4.78, 5) is 0. The molecule has 1 aromatic rings. The van der Waals surface area contributed by atoms with Crippen LogP contribution in [0.4, 0.5) is 5.69 Å². The number of benzene rings is 1. The Kier molecular flexibility index (Phi) is 2.36. The quantitative estimate of drug-likeness (QED) is 0.781. The fraction of sp³-hybridized carbons (Fsp3) is 0.684. The second kappa shape index (κ2) is 3.88. The van der Waals surface area contributed by atoms with Gasteiger partial charge in [0.25, 0.3) is 0 Å². The van der Waals surface area contributed by atoms with Crippen molar-refractivity contribution in [2.75, 3.05) is 25.0 Å². The van der Waals surface area contributed by atoms with Crippen LogP contribution in [0.1, 0.15) is 51.0 Å². The van der Waals surface area contributed by atoms with Gasteiger partial charge in [-0.15, -0.1) is 0 Å². The Bertz CT molecular complexity index is 646. The number of quaternary nitrogens is 1. The summed E-state index contributed by atoms with van der Waals surface area (Å²) in [6, 6.07) is 8.47. The molecule has 0 aromatic heterocycles. The van der Waals surface area contributed by atoms with Crippen LogP contribution in [0.3, 0.4) is 0 Å². The van der Waals surface area contributed by atoms with Crippen LogP contribution in [0.2, 0.25) is 0 Å². The van der Waals surface area contributed by atoms with Gasteiger partial charge in [-0.3, -0.25) is 4.48 Å². The molecule has 0 radical (unpaired) electrons. The molecule has 22 heavy (non-hydrogen) atoms. The maximum atomic E-state index is 11.8.